The number of hydrogen-bond donors (Lipinski definition) is 1. The van der Waals surface area contributed by atoms with Crippen molar-refractivity contribution < 1.29 is 19.1 Å². The number of benzene rings is 1. The lowest BCUT2D eigenvalue weighted by atomic mass is 9.99. The minimum absolute atomic E-state index is 0.372. The number of nitrogens with zero attached hydrogens (tertiary/aromatic N) is 1. The number of carbonyl (C=O) groups excluding carboxylic acids is 2. The summed E-state index contributed by atoms with van der Waals surface area (Å²) in [5.41, 5.74) is 2.29. The third kappa shape index (κ3) is 4.81. The zero-order valence-electron chi connectivity index (χ0n) is 15.8. The molecule has 6 nitrogen and oxygen atoms in total. The Morgan fingerprint density at radius 1 is 1.27 bits per heavy atom. The summed E-state index contributed by atoms with van der Waals surface area (Å²) in [7, 11) is 1.54. The van der Waals surface area contributed by atoms with Crippen LogP contribution in [0.25, 0.3) is 11.3 Å². The number of ether oxygens (including phenoxy) is 2. The third-order valence-corrected chi connectivity index (χ3v) is 3.62. The van der Waals surface area contributed by atoms with E-state index in [1.54, 1.807) is 46.1 Å². The molecule has 1 amide bonds. The molecule has 1 heterocycles. The molecule has 0 saturated heterocycles. The van der Waals surface area contributed by atoms with Crippen LogP contribution >= 0.6 is 0 Å². The molecule has 6 heteroatoms. The number of amides is 1. The van der Waals surface area contributed by atoms with Crippen LogP contribution in [0.3, 0.4) is 0 Å². The lowest BCUT2D eigenvalue weighted by Gasteiger charge is -2.19. The van der Waals surface area contributed by atoms with E-state index in [1.165, 1.54) is 0 Å². The second-order valence-corrected chi connectivity index (χ2v) is 6.76. The first-order valence-corrected chi connectivity index (χ1v) is 8.41. The summed E-state index contributed by atoms with van der Waals surface area (Å²) >= 11 is 0. The van der Waals surface area contributed by atoms with Crippen molar-refractivity contribution in [2.75, 3.05) is 12.4 Å². The highest BCUT2D eigenvalue weighted by molar-refractivity contribution is 5.85. The van der Waals surface area contributed by atoms with E-state index in [0.717, 1.165) is 17.4 Å². The van der Waals surface area contributed by atoms with Gasteiger partial charge in [-0.1, -0.05) is 13.0 Å². The smallest absolute Gasteiger partial charge is 0.413 e. The molecule has 0 bridgehead atoms. The van der Waals surface area contributed by atoms with Gasteiger partial charge in [0.05, 0.1) is 12.8 Å². The average molecular weight is 356 g/mol. The Hall–Kier alpha value is -2.89. The van der Waals surface area contributed by atoms with Crippen LogP contribution in [0.1, 0.15) is 43.6 Å². The predicted molar refractivity (Wildman–Crippen MR) is 101 cm³/mol. The standard InChI is InChI=1S/C20H24N2O4/c1-6-13-10-15(17(25-5)11-14(13)12-23)16-8-7-9-18(21-16)22-19(24)26-20(2,3)4/h7-12H,6H2,1-5H3,(H,21,22,24). The number of hydrogen-bond acceptors (Lipinski definition) is 5. The summed E-state index contributed by atoms with van der Waals surface area (Å²) in [6, 6.07) is 8.88. The molecule has 138 valence electrons. The van der Waals surface area contributed by atoms with Gasteiger partial charge in [-0.15, -0.1) is 0 Å². The van der Waals surface area contributed by atoms with Crippen LogP contribution in [0.2, 0.25) is 0 Å². The summed E-state index contributed by atoms with van der Waals surface area (Å²) in [6.45, 7) is 7.36. The Balaban J connectivity index is 2.38. The van der Waals surface area contributed by atoms with Crippen LogP contribution in [-0.2, 0) is 11.2 Å². The summed E-state index contributed by atoms with van der Waals surface area (Å²) in [6.07, 6.45) is 0.958. The first-order valence-electron chi connectivity index (χ1n) is 8.41. The summed E-state index contributed by atoms with van der Waals surface area (Å²) in [4.78, 5) is 27.7. The third-order valence-electron chi connectivity index (χ3n) is 3.62. The molecule has 0 unspecified atom stereocenters. The molecule has 1 N–H and O–H groups in total. The SMILES string of the molecule is CCc1cc(-c2cccc(NC(=O)OC(C)(C)C)n2)c(OC)cc1C=O. The van der Waals surface area contributed by atoms with Gasteiger partial charge in [-0.05, 0) is 57.0 Å². The van der Waals surface area contributed by atoms with Crippen LogP contribution < -0.4 is 10.1 Å². The molecular weight excluding hydrogens is 332 g/mol. The Morgan fingerprint density at radius 3 is 2.58 bits per heavy atom. The Kier molecular flexibility index (Phi) is 5.97. The van der Waals surface area contributed by atoms with Gasteiger partial charge in [0.2, 0.25) is 0 Å². The normalized spacial score (nSPS) is 11.0. The monoisotopic (exact) mass is 356 g/mol. The highest BCUT2D eigenvalue weighted by Gasteiger charge is 2.17. The largest absolute Gasteiger partial charge is 0.496 e. The second-order valence-electron chi connectivity index (χ2n) is 6.76. The van der Waals surface area contributed by atoms with Gasteiger partial charge in [-0.3, -0.25) is 10.1 Å². The number of rotatable bonds is 5. The number of anilines is 1. The van der Waals surface area contributed by atoms with Crippen LogP contribution in [0.15, 0.2) is 30.3 Å². The van der Waals surface area contributed by atoms with Gasteiger partial charge in [0.25, 0.3) is 0 Å². The van der Waals surface area contributed by atoms with E-state index in [2.05, 4.69) is 10.3 Å². The number of aromatic nitrogens is 1. The van der Waals surface area contributed by atoms with Crippen LogP contribution in [0, 0.1) is 0 Å². The van der Waals surface area contributed by atoms with Crippen molar-refractivity contribution in [1.82, 2.24) is 4.98 Å². The lowest BCUT2D eigenvalue weighted by Crippen LogP contribution is -2.27. The van der Waals surface area contributed by atoms with Gasteiger partial charge >= 0.3 is 6.09 Å². The Morgan fingerprint density at radius 2 is 2.00 bits per heavy atom. The molecule has 2 rings (SSSR count). The molecule has 0 aliphatic carbocycles. The minimum Gasteiger partial charge on any atom is -0.496 e. The van der Waals surface area contributed by atoms with E-state index in [1.807, 2.05) is 19.1 Å². The van der Waals surface area contributed by atoms with E-state index >= 15 is 0 Å². The lowest BCUT2D eigenvalue weighted by molar-refractivity contribution is 0.0635. The van der Waals surface area contributed by atoms with Gasteiger partial charge < -0.3 is 9.47 Å². The van der Waals surface area contributed by atoms with Gasteiger partial charge in [-0.25, -0.2) is 9.78 Å². The predicted octanol–water partition coefficient (Wildman–Crippen LogP) is 4.48. The molecule has 2 aromatic rings. The quantitative estimate of drug-likeness (QED) is 0.799. The minimum atomic E-state index is -0.592. The van der Waals surface area contributed by atoms with E-state index in [-0.39, 0.29) is 0 Å². The zero-order valence-corrected chi connectivity index (χ0v) is 15.8. The topological polar surface area (TPSA) is 77.5 Å². The van der Waals surface area contributed by atoms with E-state index in [9.17, 15) is 9.59 Å². The molecule has 0 spiro atoms. The maximum Gasteiger partial charge on any atom is 0.413 e. The highest BCUT2D eigenvalue weighted by atomic mass is 16.6. The van der Waals surface area contributed by atoms with Gasteiger partial charge in [-0.2, -0.15) is 0 Å². The fraction of sp³-hybridized carbons (Fsp3) is 0.350. The molecule has 1 aromatic heterocycles. The van der Waals surface area contributed by atoms with Gasteiger partial charge in [0.1, 0.15) is 23.5 Å². The fourth-order valence-electron chi connectivity index (χ4n) is 2.49. The Bertz CT molecular complexity index is 810. The van der Waals surface area contributed by atoms with Crippen molar-refractivity contribution >= 4 is 18.2 Å². The second kappa shape index (κ2) is 7.99. The van der Waals surface area contributed by atoms with Crippen molar-refractivity contribution in [2.24, 2.45) is 0 Å². The molecule has 26 heavy (non-hydrogen) atoms. The van der Waals surface area contributed by atoms with Crippen molar-refractivity contribution in [3.05, 3.63) is 41.5 Å². The molecule has 0 atom stereocenters. The molecule has 0 fully saturated rings. The number of aldehydes is 1. The molecule has 0 aliphatic rings. The molecular formula is C20H24N2O4. The maximum absolute atomic E-state index is 11.9. The molecule has 0 saturated carbocycles. The first-order chi connectivity index (χ1) is 12.3. The van der Waals surface area contributed by atoms with Crippen molar-refractivity contribution in [2.45, 2.75) is 39.7 Å². The zero-order chi connectivity index (χ0) is 19.3. The molecule has 0 aliphatic heterocycles. The van der Waals surface area contributed by atoms with Crippen LogP contribution in [0.4, 0.5) is 10.6 Å². The number of carbonyl (C=O) groups is 2. The average Bonchev–Trinajstić information content (AvgIpc) is 2.58. The summed E-state index contributed by atoms with van der Waals surface area (Å²) in [5, 5.41) is 2.63. The summed E-state index contributed by atoms with van der Waals surface area (Å²) in [5.74, 6) is 0.919. The number of methoxy groups -OCH3 is 1. The molecule has 1 aromatic carbocycles. The molecule has 0 radical (unpaired) electrons. The Labute approximate surface area is 153 Å². The van der Waals surface area contributed by atoms with Crippen molar-refractivity contribution in [3.63, 3.8) is 0 Å². The number of aryl methyl sites for hydroxylation is 1. The summed E-state index contributed by atoms with van der Waals surface area (Å²) < 4.78 is 10.7. The fourth-order valence-corrected chi connectivity index (χ4v) is 2.49. The first kappa shape index (κ1) is 19.4. The number of pyridine rings is 1. The number of nitrogens with one attached hydrogen (secondary N) is 1. The van der Waals surface area contributed by atoms with Crippen LogP contribution in [-0.4, -0.2) is 30.1 Å². The van der Waals surface area contributed by atoms with E-state index < -0.39 is 11.7 Å². The highest BCUT2D eigenvalue weighted by Crippen LogP contribution is 2.32. The maximum atomic E-state index is 11.9. The van der Waals surface area contributed by atoms with Gasteiger partial charge in [0, 0.05) is 11.1 Å². The van der Waals surface area contributed by atoms with Crippen molar-refractivity contribution in [1.29, 1.82) is 0 Å². The van der Waals surface area contributed by atoms with E-state index in [0.29, 0.717) is 29.2 Å². The van der Waals surface area contributed by atoms with Crippen molar-refractivity contribution in [3.8, 4) is 17.0 Å². The van der Waals surface area contributed by atoms with Gasteiger partial charge in [0.15, 0.2) is 0 Å². The van der Waals surface area contributed by atoms with E-state index in [4.69, 9.17) is 9.47 Å². The van der Waals surface area contributed by atoms with Crippen LogP contribution in [0.5, 0.6) is 5.75 Å².